The minimum absolute atomic E-state index is 0.0240. The number of para-hydroxylation sites is 1. The van der Waals surface area contributed by atoms with E-state index in [1.165, 1.54) is 12.1 Å². The van der Waals surface area contributed by atoms with Crippen LogP contribution in [-0.2, 0) is 6.61 Å². The van der Waals surface area contributed by atoms with E-state index in [0.717, 1.165) is 0 Å². The molecule has 0 spiro atoms. The lowest BCUT2D eigenvalue weighted by molar-refractivity contribution is 0.286. The minimum atomic E-state index is -0.500. The molecule has 5 heteroatoms. The monoisotopic (exact) mass is 271 g/mol. The zero-order chi connectivity index (χ0) is 12.3. The maximum Gasteiger partial charge on any atom is 0.174 e. The van der Waals surface area contributed by atoms with E-state index >= 15 is 0 Å². The minimum Gasteiger partial charge on any atom is -0.483 e. The van der Waals surface area contributed by atoms with Crippen LogP contribution in [-0.4, -0.2) is 4.98 Å². The van der Waals surface area contributed by atoms with Gasteiger partial charge in [-0.2, -0.15) is 0 Å². The molecule has 0 unspecified atom stereocenters. The van der Waals surface area contributed by atoms with Crippen LogP contribution in [0.5, 0.6) is 5.75 Å². The fourth-order valence-corrected chi connectivity index (χ4v) is 1.70. The topological polar surface area (TPSA) is 22.1 Å². The molecule has 17 heavy (non-hydrogen) atoms. The summed E-state index contributed by atoms with van der Waals surface area (Å²) >= 11 is 11.5. The first-order valence-electron chi connectivity index (χ1n) is 4.85. The molecule has 0 aliphatic carbocycles. The van der Waals surface area contributed by atoms with Crippen LogP contribution in [0.25, 0.3) is 0 Å². The highest BCUT2D eigenvalue weighted by atomic mass is 35.5. The molecule has 2 rings (SSSR count). The molecule has 0 radical (unpaired) electrons. The number of hydrogen-bond donors (Lipinski definition) is 0. The number of hydrogen-bond acceptors (Lipinski definition) is 2. The van der Waals surface area contributed by atoms with Gasteiger partial charge in [-0.3, -0.25) is 0 Å². The summed E-state index contributed by atoms with van der Waals surface area (Å²) in [7, 11) is 0. The Labute approximate surface area is 108 Å². The highest BCUT2D eigenvalue weighted by Gasteiger charge is 2.08. The second kappa shape index (κ2) is 5.34. The first-order valence-corrected chi connectivity index (χ1v) is 5.60. The smallest absolute Gasteiger partial charge is 0.174 e. The van der Waals surface area contributed by atoms with E-state index in [-0.39, 0.29) is 17.4 Å². The highest BCUT2D eigenvalue weighted by molar-refractivity contribution is 6.32. The van der Waals surface area contributed by atoms with Crippen LogP contribution >= 0.6 is 23.2 Å². The van der Waals surface area contributed by atoms with E-state index < -0.39 is 5.82 Å². The Morgan fingerprint density at radius 1 is 1.12 bits per heavy atom. The van der Waals surface area contributed by atoms with Crippen LogP contribution in [0.3, 0.4) is 0 Å². The third-order valence-corrected chi connectivity index (χ3v) is 2.56. The summed E-state index contributed by atoms with van der Waals surface area (Å²) in [6, 6.07) is 9.50. The Bertz CT molecular complexity index is 513. The van der Waals surface area contributed by atoms with Crippen molar-refractivity contribution in [1.29, 1.82) is 0 Å². The highest BCUT2D eigenvalue weighted by Crippen LogP contribution is 2.27. The Balaban J connectivity index is 2.13. The average Bonchev–Trinajstić information content (AvgIpc) is 2.28. The number of halogens is 3. The van der Waals surface area contributed by atoms with Gasteiger partial charge >= 0.3 is 0 Å². The molecule has 0 N–H and O–H groups in total. The van der Waals surface area contributed by atoms with E-state index in [2.05, 4.69) is 4.98 Å². The van der Waals surface area contributed by atoms with Crippen LogP contribution in [0.1, 0.15) is 5.69 Å². The summed E-state index contributed by atoms with van der Waals surface area (Å²) in [5.74, 6) is -0.476. The van der Waals surface area contributed by atoms with Crippen molar-refractivity contribution in [2.75, 3.05) is 0 Å². The molecule has 2 nitrogen and oxygen atoms in total. The number of pyridine rings is 1. The summed E-state index contributed by atoms with van der Waals surface area (Å²) in [6.45, 7) is 0.112. The maximum absolute atomic E-state index is 13.4. The predicted molar refractivity (Wildman–Crippen MR) is 65.0 cm³/mol. The maximum atomic E-state index is 13.4. The fraction of sp³-hybridized carbons (Fsp3) is 0.0833. The lowest BCUT2D eigenvalue weighted by Gasteiger charge is -2.08. The van der Waals surface area contributed by atoms with Crippen molar-refractivity contribution in [2.24, 2.45) is 0 Å². The second-order valence-electron chi connectivity index (χ2n) is 3.29. The van der Waals surface area contributed by atoms with Crippen LogP contribution in [0.2, 0.25) is 10.2 Å². The summed E-state index contributed by atoms with van der Waals surface area (Å²) in [5.41, 5.74) is 0.608. The summed E-state index contributed by atoms with van der Waals surface area (Å²) in [6.07, 6.45) is 0. The van der Waals surface area contributed by atoms with Gasteiger partial charge in [-0.15, -0.1) is 0 Å². The van der Waals surface area contributed by atoms with Crippen molar-refractivity contribution in [1.82, 2.24) is 4.98 Å². The third-order valence-electron chi connectivity index (χ3n) is 2.06. The number of nitrogens with zero attached hydrogens (tertiary/aromatic N) is 1. The van der Waals surface area contributed by atoms with Crippen molar-refractivity contribution < 1.29 is 9.13 Å². The molecule has 88 valence electrons. The fourth-order valence-electron chi connectivity index (χ4n) is 1.30. The number of benzene rings is 1. The Hall–Kier alpha value is -1.32. The second-order valence-corrected chi connectivity index (χ2v) is 4.09. The Morgan fingerprint density at radius 2 is 1.88 bits per heavy atom. The molecule has 0 aliphatic rings. The van der Waals surface area contributed by atoms with Gasteiger partial charge in [-0.05, 0) is 24.3 Å². The van der Waals surface area contributed by atoms with Crippen LogP contribution in [0, 0.1) is 5.82 Å². The van der Waals surface area contributed by atoms with Gasteiger partial charge in [0.15, 0.2) is 11.6 Å². The summed E-state index contributed by atoms with van der Waals surface area (Å²) in [4.78, 5) is 4.02. The van der Waals surface area contributed by atoms with E-state index in [4.69, 9.17) is 27.9 Å². The molecule has 0 saturated heterocycles. The van der Waals surface area contributed by atoms with E-state index in [9.17, 15) is 4.39 Å². The van der Waals surface area contributed by atoms with Gasteiger partial charge in [0.05, 0.1) is 10.7 Å². The van der Waals surface area contributed by atoms with Gasteiger partial charge in [0.2, 0.25) is 0 Å². The lowest BCUT2D eigenvalue weighted by Crippen LogP contribution is -2.00. The lowest BCUT2D eigenvalue weighted by atomic mass is 10.3. The van der Waals surface area contributed by atoms with Gasteiger partial charge in [-0.1, -0.05) is 35.3 Å². The molecule has 0 bridgehead atoms. The average molecular weight is 272 g/mol. The molecule has 0 atom stereocenters. The molecule has 1 aromatic carbocycles. The third kappa shape index (κ3) is 3.08. The first kappa shape index (κ1) is 12.1. The van der Waals surface area contributed by atoms with Gasteiger partial charge in [0.25, 0.3) is 0 Å². The number of rotatable bonds is 3. The first-order chi connectivity index (χ1) is 8.16. The zero-order valence-corrected chi connectivity index (χ0v) is 10.2. The summed E-state index contributed by atoms with van der Waals surface area (Å²) in [5, 5.41) is 0.595. The van der Waals surface area contributed by atoms with Crippen molar-refractivity contribution in [2.45, 2.75) is 6.61 Å². The summed E-state index contributed by atoms with van der Waals surface area (Å²) < 4.78 is 18.7. The van der Waals surface area contributed by atoms with Gasteiger partial charge in [-0.25, -0.2) is 9.37 Å². The molecule has 1 aromatic heterocycles. The van der Waals surface area contributed by atoms with Crippen molar-refractivity contribution in [3.05, 3.63) is 58.1 Å². The molecule has 2 aromatic rings. The molecule has 0 fully saturated rings. The Morgan fingerprint density at radius 3 is 2.59 bits per heavy atom. The Kier molecular flexibility index (Phi) is 3.82. The van der Waals surface area contributed by atoms with Gasteiger partial charge in [0, 0.05) is 0 Å². The van der Waals surface area contributed by atoms with E-state index in [0.29, 0.717) is 10.8 Å². The largest absolute Gasteiger partial charge is 0.483 e. The van der Waals surface area contributed by atoms with Crippen LogP contribution < -0.4 is 4.74 Å². The number of ether oxygens (including phenoxy) is 1. The molecule has 0 saturated carbocycles. The predicted octanol–water partition coefficient (Wildman–Crippen LogP) is 4.11. The standard InChI is InChI=1S/C12H8Cl2FNO/c13-9-4-2-5-10(15)12(9)17-7-8-3-1-6-11(14)16-8/h1-6H,7H2. The van der Waals surface area contributed by atoms with E-state index in [1.807, 2.05) is 0 Å². The molecule has 1 heterocycles. The van der Waals surface area contributed by atoms with Crippen LogP contribution in [0.15, 0.2) is 36.4 Å². The number of aromatic nitrogens is 1. The van der Waals surface area contributed by atoms with Crippen molar-refractivity contribution in [3.63, 3.8) is 0 Å². The normalized spacial score (nSPS) is 10.3. The molecule has 0 aliphatic heterocycles. The molecule has 0 amide bonds. The quantitative estimate of drug-likeness (QED) is 0.784. The van der Waals surface area contributed by atoms with E-state index in [1.54, 1.807) is 24.3 Å². The van der Waals surface area contributed by atoms with Gasteiger partial charge < -0.3 is 4.74 Å². The van der Waals surface area contributed by atoms with Crippen molar-refractivity contribution in [3.8, 4) is 5.75 Å². The molecular formula is C12H8Cl2FNO. The zero-order valence-electron chi connectivity index (χ0n) is 8.66. The SMILES string of the molecule is Fc1cccc(Cl)c1OCc1cccc(Cl)n1. The van der Waals surface area contributed by atoms with Crippen LogP contribution in [0.4, 0.5) is 4.39 Å². The van der Waals surface area contributed by atoms with Gasteiger partial charge in [0.1, 0.15) is 11.8 Å². The van der Waals surface area contributed by atoms with Crippen molar-refractivity contribution >= 4 is 23.2 Å². The molecular weight excluding hydrogens is 264 g/mol.